The molecule has 8 heteroatoms. The van der Waals surface area contributed by atoms with Gasteiger partial charge >= 0.3 is 0 Å². The molecule has 0 aliphatic rings. The molecule has 0 bridgehead atoms. The van der Waals surface area contributed by atoms with E-state index in [0.29, 0.717) is 37.9 Å². The molecule has 0 amide bonds. The molecule has 1 heterocycles. The zero-order valence-electron chi connectivity index (χ0n) is 19.5. The van der Waals surface area contributed by atoms with Crippen LogP contribution in [0.3, 0.4) is 0 Å². The molecule has 3 aromatic rings. The van der Waals surface area contributed by atoms with Crippen LogP contribution in [0.1, 0.15) is 5.56 Å². The van der Waals surface area contributed by atoms with Crippen LogP contribution in [0.25, 0.3) is 11.3 Å². The highest BCUT2D eigenvalue weighted by atomic mass is 19.1. The van der Waals surface area contributed by atoms with Crippen molar-refractivity contribution in [1.29, 1.82) is 0 Å². The highest BCUT2D eigenvalue weighted by Crippen LogP contribution is 2.34. The maximum atomic E-state index is 13.4. The van der Waals surface area contributed by atoms with E-state index in [1.807, 2.05) is 35.2 Å². The molecule has 0 saturated heterocycles. The second kappa shape index (κ2) is 12.9. The minimum absolute atomic E-state index is 0.130. The molecule has 34 heavy (non-hydrogen) atoms. The Labute approximate surface area is 199 Å². The predicted octanol–water partition coefficient (Wildman–Crippen LogP) is 3.48. The minimum atomic E-state index is -0.733. The van der Waals surface area contributed by atoms with Gasteiger partial charge in [0.05, 0.1) is 24.9 Å². The topological polar surface area (TPSA) is 69.0 Å². The number of hydrogen-bond donors (Lipinski definition) is 1. The number of terminal acetylenes is 1. The fourth-order valence-electron chi connectivity index (χ4n) is 3.55. The number of methoxy groups -OCH3 is 1. The van der Waals surface area contributed by atoms with Gasteiger partial charge in [-0.1, -0.05) is 36.3 Å². The Morgan fingerprint density at radius 2 is 1.91 bits per heavy atom. The SMILES string of the molecule is C#CCOC[C@H](O)CN(CCOC)Cc1c(-c2ccccc2)nn(C)c1Oc1ccc(F)cc1. The van der Waals surface area contributed by atoms with E-state index >= 15 is 0 Å². The van der Waals surface area contributed by atoms with Crippen molar-refractivity contribution < 1.29 is 23.7 Å². The van der Waals surface area contributed by atoms with Crippen molar-refractivity contribution in [3.63, 3.8) is 0 Å². The molecular weight excluding hydrogens is 437 g/mol. The van der Waals surface area contributed by atoms with Crippen LogP contribution in [0.15, 0.2) is 54.6 Å². The summed E-state index contributed by atoms with van der Waals surface area (Å²) in [6.07, 6.45) is 4.49. The number of halogens is 1. The van der Waals surface area contributed by atoms with Crippen LogP contribution in [-0.2, 0) is 23.1 Å². The van der Waals surface area contributed by atoms with Gasteiger partial charge in [0, 0.05) is 39.4 Å². The first-order valence-corrected chi connectivity index (χ1v) is 11.0. The van der Waals surface area contributed by atoms with E-state index in [0.717, 1.165) is 16.8 Å². The first kappa shape index (κ1) is 25.4. The second-order valence-corrected chi connectivity index (χ2v) is 7.78. The summed E-state index contributed by atoms with van der Waals surface area (Å²) < 4.78 is 31.8. The van der Waals surface area contributed by atoms with Crippen molar-refractivity contribution in [2.45, 2.75) is 12.6 Å². The van der Waals surface area contributed by atoms with Crippen LogP contribution in [0.2, 0.25) is 0 Å². The Morgan fingerprint density at radius 3 is 2.59 bits per heavy atom. The third-order valence-electron chi connectivity index (χ3n) is 5.12. The number of rotatable bonds is 13. The number of aliphatic hydroxyl groups is 1. The van der Waals surface area contributed by atoms with Gasteiger partial charge in [-0.3, -0.25) is 4.90 Å². The molecular formula is C26H30FN3O4. The Kier molecular flexibility index (Phi) is 9.62. The fourth-order valence-corrected chi connectivity index (χ4v) is 3.55. The summed E-state index contributed by atoms with van der Waals surface area (Å²) >= 11 is 0. The molecule has 0 unspecified atom stereocenters. The van der Waals surface area contributed by atoms with Crippen LogP contribution in [0, 0.1) is 18.2 Å². The Hall–Kier alpha value is -3.22. The second-order valence-electron chi connectivity index (χ2n) is 7.78. The minimum Gasteiger partial charge on any atom is -0.439 e. The zero-order valence-corrected chi connectivity index (χ0v) is 19.5. The van der Waals surface area contributed by atoms with Crippen molar-refractivity contribution in [2.75, 3.05) is 40.0 Å². The Bertz CT molecular complexity index is 1060. The van der Waals surface area contributed by atoms with Crippen LogP contribution >= 0.6 is 0 Å². The first-order chi connectivity index (χ1) is 16.5. The van der Waals surface area contributed by atoms with Gasteiger partial charge in [-0.15, -0.1) is 6.42 Å². The summed E-state index contributed by atoms with van der Waals surface area (Å²) in [6.45, 7) is 2.10. The highest BCUT2D eigenvalue weighted by molar-refractivity contribution is 5.65. The first-order valence-electron chi connectivity index (χ1n) is 11.0. The van der Waals surface area contributed by atoms with Crippen molar-refractivity contribution in [1.82, 2.24) is 14.7 Å². The average Bonchev–Trinajstić information content (AvgIpc) is 3.14. The predicted molar refractivity (Wildman–Crippen MR) is 128 cm³/mol. The largest absolute Gasteiger partial charge is 0.439 e. The van der Waals surface area contributed by atoms with Crippen molar-refractivity contribution in [2.24, 2.45) is 7.05 Å². The van der Waals surface area contributed by atoms with Crippen LogP contribution in [-0.4, -0.2) is 65.9 Å². The van der Waals surface area contributed by atoms with E-state index in [2.05, 4.69) is 5.92 Å². The lowest BCUT2D eigenvalue weighted by atomic mass is 10.1. The highest BCUT2D eigenvalue weighted by Gasteiger charge is 2.23. The molecule has 0 saturated carbocycles. The number of aromatic nitrogens is 2. The number of hydrogen-bond acceptors (Lipinski definition) is 6. The summed E-state index contributed by atoms with van der Waals surface area (Å²) in [7, 11) is 3.43. The standard InChI is InChI=1S/C26H30FN3O4/c1-4-15-33-19-22(31)17-30(14-16-32-3)18-24-25(20-8-6-5-7-9-20)28-29(2)26(24)34-23-12-10-21(27)11-13-23/h1,5-13,22,31H,14-19H2,2-3H3/t22-/m1/s1. The summed E-state index contributed by atoms with van der Waals surface area (Å²) in [5, 5.41) is 15.2. The third kappa shape index (κ3) is 7.14. The molecule has 0 aliphatic heterocycles. The van der Waals surface area contributed by atoms with Gasteiger partial charge in [-0.05, 0) is 24.3 Å². The van der Waals surface area contributed by atoms with Crippen molar-refractivity contribution in [3.05, 3.63) is 66.0 Å². The Balaban J connectivity index is 1.92. The van der Waals surface area contributed by atoms with E-state index in [9.17, 15) is 9.50 Å². The van der Waals surface area contributed by atoms with Gasteiger partial charge in [-0.25, -0.2) is 9.07 Å². The molecule has 7 nitrogen and oxygen atoms in total. The van der Waals surface area contributed by atoms with Crippen LogP contribution < -0.4 is 4.74 Å². The summed E-state index contributed by atoms with van der Waals surface area (Å²) in [5.41, 5.74) is 2.54. The van der Waals surface area contributed by atoms with Crippen LogP contribution in [0.5, 0.6) is 11.6 Å². The number of ether oxygens (including phenoxy) is 3. The van der Waals surface area contributed by atoms with Gasteiger partial charge in [0.25, 0.3) is 0 Å². The lowest BCUT2D eigenvalue weighted by Crippen LogP contribution is -2.36. The van der Waals surface area contributed by atoms with E-state index in [-0.39, 0.29) is 19.0 Å². The smallest absolute Gasteiger partial charge is 0.222 e. The van der Waals surface area contributed by atoms with Crippen molar-refractivity contribution >= 4 is 0 Å². The van der Waals surface area contributed by atoms with E-state index in [1.165, 1.54) is 12.1 Å². The van der Waals surface area contributed by atoms with Crippen molar-refractivity contribution in [3.8, 4) is 35.2 Å². The molecule has 2 aromatic carbocycles. The average molecular weight is 468 g/mol. The number of aryl methyl sites for hydroxylation is 1. The number of benzene rings is 2. The summed E-state index contributed by atoms with van der Waals surface area (Å²) in [6, 6.07) is 15.6. The monoisotopic (exact) mass is 467 g/mol. The van der Waals surface area contributed by atoms with E-state index in [4.69, 9.17) is 25.7 Å². The zero-order chi connectivity index (χ0) is 24.3. The van der Waals surface area contributed by atoms with Gasteiger partial charge in [0.1, 0.15) is 23.9 Å². The fraction of sp³-hybridized carbons (Fsp3) is 0.346. The lowest BCUT2D eigenvalue weighted by molar-refractivity contribution is 0.0206. The molecule has 0 radical (unpaired) electrons. The maximum absolute atomic E-state index is 13.4. The molecule has 0 spiro atoms. The van der Waals surface area contributed by atoms with Gasteiger partial charge in [-0.2, -0.15) is 5.10 Å². The molecule has 1 aromatic heterocycles. The van der Waals surface area contributed by atoms with Gasteiger partial charge in [0.15, 0.2) is 0 Å². The molecule has 3 rings (SSSR count). The lowest BCUT2D eigenvalue weighted by Gasteiger charge is -2.25. The normalized spacial score (nSPS) is 12.0. The molecule has 0 fully saturated rings. The van der Waals surface area contributed by atoms with E-state index in [1.54, 1.807) is 31.0 Å². The molecule has 180 valence electrons. The summed E-state index contributed by atoms with van der Waals surface area (Å²) in [5.74, 6) is 3.09. The third-order valence-corrected chi connectivity index (χ3v) is 5.12. The van der Waals surface area contributed by atoms with E-state index < -0.39 is 6.10 Å². The maximum Gasteiger partial charge on any atom is 0.222 e. The summed E-state index contributed by atoms with van der Waals surface area (Å²) in [4.78, 5) is 2.05. The molecule has 0 aliphatic carbocycles. The molecule has 1 atom stereocenters. The number of aliphatic hydroxyl groups excluding tert-OH is 1. The quantitative estimate of drug-likeness (QED) is 0.307. The van der Waals surface area contributed by atoms with Crippen LogP contribution in [0.4, 0.5) is 4.39 Å². The van der Waals surface area contributed by atoms with Gasteiger partial charge in [0.2, 0.25) is 5.88 Å². The Morgan fingerprint density at radius 1 is 1.18 bits per heavy atom. The number of nitrogens with zero attached hydrogens (tertiary/aromatic N) is 3. The molecule has 1 N–H and O–H groups in total. The van der Waals surface area contributed by atoms with Gasteiger partial charge < -0.3 is 19.3 Å².